The lowest BCUT2D eigenvalue weighted by Crippen LogP contribution is -2.56. The molecule has 0 amide bonds. The molecule has 7 nitrogen and oxygen atoms in total. The predicted molar refractivity (Wildman–Crippen MR) is 58.2 cm³/mol. The van der Waals surface area contributed by atoms with Gasteiger partial charge in [-0.1, -0.05) is 6.92 Å². The van der Waals surface area contributed by atoms with Crippen molar-refractivity contribution < 1.29 is 34.0 Å². The maximum Gasteiger partial charge on any atom is 0.305 e. The Morgan fingerprint density at radius 3 is 2.22 bits per heavy atom. The third-order valence-electron chi connectivity index (χ3n) is 2.78. The van der Waals surface area contributed by atoms with Crippen molar-refractivity contribution in [1.29, 1.82) is 0 Å². The van der Waals surface area contributed by atoms with Crippen molar-refractivity contribution in [2.45, 2.75) is 45.4 Å². The minimum atomic E-state index is -1.12. The van der Waals surface area contributed by atoms with E-state index in [2.05, 4.69) is 0 Å². The number of aliphatic hydroxyl groups is 2. The Morgan fingerprint density at radius 1 is 1.22 bits per heavy atom. The molecule has 1 aliphatic heterocycles. The van der Waals surface area contributed by atoms with Crippen LogP contribution >= 0.6 is 0 Å². The number of hydrogen-bond acceptors (Lipinski definition) is 7. The molecule has 5 atom stereocenters. The average Bonchev–Trinajstić information content (AvgIpc) is 2.27. The summed E-state index contributed by atoms with van der Waals surface area (Å²) in [5, 5.41) is 18.9. The summed E-state index contributed by atoms with van der Waals surface area (Å²) in [6.07, 6.45) is -3.91. The van der Waals surface area contributed by atoms with Crippen molar-refractivity contribution in [3.8, 4) is 0 Å². The summed E-state index contributed by atoms with van der Waals surface area (Å²) in [5.41, 5.74) is 0. The molecule has 7 heteroatoms. The first-order valence-electron chi connectivity index (χ1n) is 5.65. The zero-order valence-corrected chi connectivity index (χ0v) is 10.5. The second-order valence-electron chi connectivity index (χ2n) is 4.26. The van der Waals surface area contributed by atoms with Gasteiger partial charge in [0, 0.05) is 19.8 Å². The van der Waals surface area contributed by atoms with Crippen molar-refractivity contribution in [3.63, 3.8) is 0 Å². The second-order valence-corrected chi connectivity index (χ2v) is 4.26. The lowest BCUT2D eigenvalue weighted by atomic mass is 9.90. The van der Waals surface area contributed by atoms with Crippen molar-refractivity contribution in [2.75, 3.05) is 6.61 Å². The first kappa shape index (κ1) is 14.9. The molecule has 1 rings (SSSR count). The van der Waals surface area contributed by atoms with Crippen LogP contribution in [-0.2, 0) is 23.8 Å². The van der Waals surface area contributed by atoms with Crippen LogP contribution in [0.25, 0.3) is 0 Å². The molecule has 1 aliphatic rings. The lowest BCUT2D eigenvalue weighted by Gasteiger charge is -2.41. The van der Waals surface area contributed by atoms with Crippen LogP contribution in [0.4, 0.5) is 0 Å². The Labute approximate surface area is 105 Å². The molecule has 0 saturated carbocycles. The average molecular weight is 262 g/mol. The molecule has 0 aromatic rings. The van der Waals surface area contributed by atoms with Gasteiger partial charge >= 0.3 is 11.9 Å². The highest BCUT2D eigenvalue weighted by atomic mass is 16.7. The summed E-state index contributed by atoms with van der Waals surface area (Å²) in [6.45, 7) is 3.61. The molecule has 0 aromatic carbocycles. The van der Waals surface area contributed by atoms with E-state index in [1.807, 2.05) is 0 Å². The SMILES string of the molecule is CC(=O)OC1[C@@H](OC(C)=O)OC(CO)[C@H](O)[C@@H]1C. The van der Waals surface area contributed by atoms with Gasteiger partial charge in [-0.3, -0.25) is 9.59 Å². The van der Waals surface area contributed by atoms with E-state index in [0.29, 0.717) is 0 Å². The normalized spacial score (nSPS) is 35.9. The van der Waals surface area contributed by atoms with Gasteiger partial charge in [0.15, 0.2) is 6.10 Å². The molecule has 2 unspecified atom stereocenters. The van der Waals surface area contributed by atoms with Crippen molar-refractivity contribution >= 4 is 11.9 Å². The van der Waals surface area contributed by atoms with Crippen LogP contribution in [0.5, 0.6) is 0 Å². The quantitative estimate of drug-likeness (QED) is 0.641. The van der Waals surface area contributed by atoms with E-state index < -0.39 is 49.1 Å². The number of aliphatic hydroxyl groups excluding tert-OH is 2. The maximum absolute atomic E-state index is 11.0. The molecule has 1 heterocycles. The van der Waals surface area contributed by atoms with E-state index in [9.17, 15) is 14.7 Å². The zero-order chi connectivity index (χ0) is 13.9. The fraction of sp³-hybridized carbons (Fsp3) is 0.818. The molecule has 0 aliphatic carbocycles. The van der Waals surface area contributed by atoms with Crippen LogP contribution in [0.3, 0.4) is 0 Å². The summed E-state index contributed by atoms with van der Waals surface area (Å²) in [4.78, 5) is 22.0. The van der Waals surface area contributed by atoms with Crippen molar-refractivity contribution in [2.24, 2.45) is 5.92 Å². The van der Waals surface area contributed by atoms with E-state index >= 15 is 0 Å². The van der Waals surface area contributed by atoms with Gasteiger partial charge in [0.1, 0.15) is 6.10 Å². The number of esters is 2. The number of carbonyl (C=O) groups is 2. The Morgan fingerprint density at radius 2 is 1.78 bits per heavy atom. The summed E-state index contributed by atoms with van der Waals surface area (Å²) >= 11 is 0. The van der Waals surface area contributed by atoms with Crippen molar-refractivity contribution in [3.05, 3.63) is 0 Å². The number of ether oxygens (including phenoxy) is 3. The fourth-order valence-electron chi connectivity index (χ4n) is 1.87. The van der Waals surface area contributed by atoms with E-state index in [4.69, 9.17) is 19.3 Å². The first-order chi connectivity index (χ1) is 8.36. The topological polar surface area (TPSA) is 102 Å². The standard InChI is InChI=1S/C11H18O7/c1-5-9(15)8(4-12)18-11(17-7(3)14)10(5)16-6(2)13/h5,8-12,15H,4H2,1-3H3/t5-,8?,9+,10?,11-/m0/s1. The van der Waals surface area contributed by atoms with Gasteiger partial charge < -0.3 is 24.4 Å². The highest BCUT2D eigenvalue weighted by molar-refractivity contribution is 5.67. The van der Waals surface area contributed by atoms with Gasteiger partial charge in [-0.15, -0.1) is 0 Å². The van der Waals surface area contributed by atoms with E-state index in [-0.39, 0.29) is 0 Å². The first-order valence-corrected chi connectivity index (χ1v) is 5.65. The van der Waals surface area contributed by atoms with Gasteiger partial charge in [-0.25, -0.2) is 0 Å². The minimum Gasteiger partial charge on any atom is -0.455 e. The van der Waals surface area contributed by atoms with E-state index in [1.165, 1.54) is 13.8 Å². The molecule has 1 fully saturated rings. The summed E-state index contributed by atoms with van der Waals surface area (Å²) < 4.78 is 15.1. The van der Waals surface area contributed by atoms with Crippen LogP contribution in [0.1, 0.15) is 20.8 Å². The van der Waals surface area contributed by atoms with Gasteiger partial charge in [0.2, 0.25) is 6.29 Å². The zero-order valence-electron chi connectivity index (χ0n) is 10.5. The summed E-state index contributed by atoms with van der Waals surface area (Å²) in [6, 6.07) is 0. The van der Waals surface area contributed by atoms with E-state index in [1.54, 1.807) is 6.92 Å². The van der Waals surface area contributed by atoms with Gasteiger partial charge in [-0.05, 0) is 0 Å². The van der Waals surface area contributed by atoms with Crippen LogP contribution in [-0.4, -0.2) is 53.4 Å². The monoisotopic (exact) mass is 262 g/mol. The van der Waals surface area contributed by atoms with Gasteiger partial charge in [-0.2, -0.15) is 0 Å². The van der Waals surface area contributed by atoms with E-state index in [0.717, 1.165) is 0 Å². The molecule has 18 heavy (non-hydrogen) atoms. The third-order valence-corrected chi connectivity index (χ3v) is 2.78. The minimum absolute atomic E-state index is 0.421. The highest BCUT2D eigenvalue weighted by Gasteiger charge is 2.46. The Kier molecular flexibility index (Phi) is 5.06. The molecule has 0 spiro atoms. The van der Waals surface area contributed by atoms with Gasteiger partial charge in [0.05, 0.1) is 12.7 Å². The Balaban J connectivity index is 2.86. The fourth-order valence-corrected chi connectivity index (χ4v) is 1.87. The van der Waals surface area contributed by atoms with Crippen LogP contribution in [0.2, 0.25) is 0 Å². The van der Waals surface area contributed by atoms with Gasteiger partial charge in [0.25, 0.3) is 0 Å². The lowest BCUT2D eigenvalue weighted by molar-refractivity contribution is -0.282. The Bertz CT molecular complexity index is 317. The number of hydrogen-bond donors (Lipinski definition) is 2. The maximum atomic E-state index is 11.0. The summed E-state index contributed by atoms with van der Waals surface area (Å²) in [7, 11) is 0. The molecule has 1 saturated heterocycles. The molecule has 0 bridgehead atoms. The molecule has 2 N–H and O–H groups in total. The second kappa shape index (κ2) is 6.12. The molecule has 0 aromatic heterocycles. The highest BCUT2D eigenvalue weighted by Crippen LogP contribution is 2.29. The van der Waals surface area contributed by atoms with Crippen LogP contribution in [0, 0.1) is 5.92 Å². The molecular weight excluding hydrogens is 244 g/mol. The largest absolute Gasteiger partial charge is 0.455 e. The molecule has 104 valence electrons. The smallest absolute Gasteiger partial charge is 0.305 e. The third kappa shape index (κ3) is 3.41. The van der Waals surface area contributed by atoms with Crippen LogP contribution < -0.4 is 0 Å². The number of carbonyl (C=O) groups excluding carboxylic acids is 2. The predicted octanol–water partition coefficient (Wildman–Crippen LogP) is -0.805. The van der Waals surface area contributed by atoms with Crippen LogP contribution in [0.15, 0.2) is 0 Å². The molecular formula is C11H18O7. The van der Waals surface area contributed by atoms with Crippen molar-refractivity contribution in [1.82, 2.24) is 0 Å². The Hall–Kier alpha value is -1.18. The molecule has 0 radical (unpaired) electrons. The summed E-state index contributed by atoms with van der Waals surface area (Å²) in [5.74, 6) is -1.69. The number of rotatable bonds is 3.